The minimum Gasteiger partial charge on any atom is -0.463 e. The van der Waals surface area contributed by atoms with Crippen LogP contribution in [-0.4, -0.2) is 67.3 Å². The molecule has 10 heteroatoms. The van der Waals surface area contributed by atoms with Crippen LogP contribution in [0.2, 0.25) is 0 Å². The summed E-state index contributed by atoms with van der Waals surface area (Å²) in [6.07, 6.45) is -5.93. The van der Waals surface area contributed by atoms with Crippen molar-refractivity contribution in [1.82, 2.24) is 0 Å². The molecule has 10 nitrogen and oxygen atoms in total. The van der Waals surface area contributed by atoms with Crippen molar-refractivity contribution in [2.75, 3.05) is 6.61 Å². The summed E-state index contributed by atoms with van der Waals surface area (Å²) < 4.78 is 25.5. The first-order valence-corrected chi connectivity index (χ1v) is 7.41. The van der Waals surface area contributed by atoms with Gasteiger partial charge in [0.25, 0.3) is 0 Å². The van der Waals surface area contributed by atoms with Crippen molar-refractivity contribution in [3.8, 4) is 0 Å². The van der Waals surface area contributed by atoms with Crippen molar-refractivity contribution >= 4 is 30.2 Å². The van der Waals surface area contributed by atoms with Crippen LogP contribution in [0.5, 0.6) is 0 Å². The molecule has 1 rings (SSSR count). The summed E-state index contributed by atoms with van der Waals surface area (Å²) in [5, 5.41) is 0. The largest absolute Gasteiger partial charge is 0.463 e. The van der Waals surface area contributed by atoms with E-state index in [0.29, 0.717) is 6.29 Å². The Kier molecular flexibility index (Phi) is 7.49. The molecule has 0 aliphatic carbocycles. The maximum absolute atomic E-state index is 11.4. The first-order valence-electron chi connectivity index (χ1n) is 7.41. The summed E-state index contributed by atoms with van der Waals surface area (Å²) in [6, 6.07) is 0. The normalized spacial score (nSPS) is 28.4. The lowest BCUT2D eigenvalue weighted by molar-refractivity contribution is -0.246. The van der Waals surface area contributed by atoms with Gasteiger partial charge in [0.1, 0.15) is 12.7 Å². The second-order valence-corrected chi connectivity index (χ2v) is 5.30. The molecule has 0 radical (unpaired) electrons. The molecular formula is C15H20O10. The third kappa shape index (κ3) is 6.14. The molecule has 0 amide bonds. The zero-order valence-corrected chi connectivity index (χ0v) is 14.3. The molecule has 0 unspecified atom stereocenters. The fourth-order valence-electron chi connectivity index (χ4n) is 2.37. The van der Waals surface area contributed by atoms with Crippen molar-refractivity contribution in [3.05, 3.63) is 0 Å². The number of rotatable bonds is 6. The smallest absolute Gasteiger partial charge is 0.303 e. The molecule has 0 bridgehead atoms. The monoisotopic (exact) mass is 360 g/mol. The molecule has 1 fully saturated rings. The Morgan fingerprint density at radius 1 is 0.800 bits per heavy atom. The van der Waals surface area contributed by atoms with Gasteiger partial charge in [0.05, 0.1) is 0 Å². The van der Waals surface area contributed by atoms with E-state index in [2.05, 4.69) is 0 Å². The lowest BCUT2D eigenvalue weighted by Crippen LogP contribution is -2.62. The molecule has 1 aliphatic heterocycles. The van der Waals surface area contributed by atoms with Crippen LogP contribution in [0, 0.1) is 0 Å². The lowest BCUT2D eigenvalue weighted by Gasteiger charge is -2.42. The highest BCUT2D eigenvalue weighted by molar-refractivity contribution is 5.70. The zero-order valence-electron chi connectivity index (χ0n) is 14.3. The maximum Gasteiger partial charge on any atom is 0.303 e. The summed E-state index contributed by atoms with van der Waals surface area (Å²) in [4.78, 5) is 56.5. The summed E-state index contributed by atoms with van der Waals surface area (Å²) >= 11 is 0. The number of ether oxygens (including phenoxy) is 5. The Morgan fingerprint density at radius 2 is 1.28 bits per heavy atom. The Bertz CT molecular complexity index is 542. The Balaban J connectivity index is 3.20. The highest BCUT2D eigenvalue weighted by Crippen LogP contribution is 2.28. The quantitative estimate of drug-likeness (QED) is 0.340. The number of esters is 4. The van der Waals surface area contributed by atoms with E-state index in [1.54, 1.807) is 0 Å². The van der Waals surface area contributed by atoms with E-state index in [1.165, 1.54) is 0 Å². The number of carbonyl (C=O) groups is 5. The zero-order chi connectivity index (χ0) is 19.1. The average molecular weight is 360 g/mol. The summed E-state index contributed by atoms with van der Waals surface area (Å²) in [7, 11) is 0. The number of aldehydes is 1. The fourth-order valence-corrected chi connectivity index (χ4v) is 2.37. The van der Waals surface area contributed by atoms with Crippen molar-refractivity contribution in [1.29, 1.82) is 0 Å². The van der Waals surface area contributed by atoms with Crippen molar-refractivity contribution in [3.63, 3.8) is 0 Å². The van der Waals surface area contributed by atoms with Gasteiger partial charge >= 0.3 is 23.9 Å². The average Bonchev–Trinajstić information content (AvgIpc) is 2.48. The molecule has 0 aromatic rings. The predicted molar refractivity (Wildman–Crippen MR) is 78.0 cm³/mol. The van der Waals surface area contributed by atoms with Gasteiger partial charge in [-0.1, -0.05) is 0 Å². The van der Waals surface area contributed by atoms with Gasteiger partial charge in [0.15, 0.2) is 30.7 Å². The van der Waals surface area contributed by atoms with E-state index in [4.69, 9.17) is 23.7 Å². The summed E-state index contributed by atoms with van der Waals surface area (Å²) in [5.41, 5.74) is 0. The van der Waals surface area contributed by atoms with Crippen LogP contribution in [0.4, 0.5) is 0 Å². The molecular weight excluding hydrogens is 340 g/mol. The first-order chi connectivity index (χ1) is 11.6. The van der Waals surface area contributed by atoms with Crippen LogP contribution in [0.3, 0.4) is 0 Å². The second-order valence-electron chi connectivity index (χ2n) is 5.30. The van der Waals surface area contributed by atoms with Crippen LogP contribution < -0.4 is 0 Å². The van der Waals surface area contributed by atoms with Crippen molar-refractivity contribution in [2.24, 2.45) is 0 Å². The van der Waals surface area contributed by atoms with Gasteiger partial charge in [-0.2, -0.15) is 0 Å². The lowest BCUT2D eigenvalue weighted by atomic mass is 9.94. The molecule has 0 aromatic carbocycles. The molecule has 0 aromatic heterocycles. The molecule has 0 spiro atoms. The SMILES string of the molecule is CC(=O)OC[C@H]1O[C@@H](C=O)[C@H](OC(C)=O)[C@@H](OC(C)=O)[C@@H]1OC(C)=O. The highest BCUT2D eigenvalue weighted by atomic mass is 16.7. The van der Waals surface area contributed by atoms with E-state index in [0.717, 1.165) is 27.7 Å². The second kappa shape index (κ2) is 9.11. The summed E-state index contributed by atoms with van der Waals surface area (Å²) in [6.45, 7) is 4.11. The van der Waals surface area contributed by atoms with E-state index >= 15 is 0 Å². The molecule has 5 atom stereocenters. The third-order valence-corrected chi connectivity index (χ3v) is 3.16. The van der Waals surface area contributed by atoms with Crippen LogP contribution in [0.25, 0.3) is 0 Å². The van der Waals surface area contributed by atoms with E-state index in [-0.39, 0.29) is 6.61 Å². The van der Waals surface area contributed by atoms with Crippen molar-refractivity contribution in [2.45, 2.75) is 58.2 Å². The first kappa shape index (κ1) is 20.6. The van der Waals surface area contributed by atoms with Gasteiger partial charge in [-0.3, -0.25) is 19.2 Å². The summed E-state index contributed by atoms with van der Waals surface area (Å²) in [5.74, 6) is -2.86. The highest BCUT2D eigenvalue weighted by Gasteiger charge is 2.52. The van der Waals surface area contributed by atoms with E-state index < -0.39 is 54.4 Å². The van der Waals surface area contributed by atoms with Gasteiger partial charge in [-0.05, 0) is 0 Å². The number of hydrogen-bond donors (Lipinski definition) is 0. The fraction of sp³-hybridized carbons (Fsp3) is 0.667. The van der Waals surface area contributed by atoms with Crippen LogP contribution >= 0.6 is 0 Å². The van der Waals surface area contributed by atoms with Gasteiger partial charge in [0.2, 0.25) is 0 Å². The molecule has 0 N–H and O–H groups in total. The molecule has 1 heterocycles. The van der Waals surface area contributed by atoms with E-state index in [9.17, 15) is 24.0 Å². The maximum atomic E-state index is 11.4. The van der Waals surface area contributed by atoms with Crippen LogP contribution in [0.1, 0.15) is 27.7 Å². The minimum atomic E-state index is -1.32. The van der Waals surface area contributed by atoms with E-state index in [1.807, 2.05) is 0 Å². The van der Waals surface area contributed by atoms with Crippen LogP contribution in [0.15, 0.2) is 0 Å². The predicted octanol–water partition coefficient (Wildman–Crippen LogP) is -0.689. The standard InChI is InChI=1S/C15H20O10/c1-7(17)21-6-12-14(23-9(3)19)15(24-10(4)20)13(22-8(2)18)11(5-16)25-12/h5,11-15H,6H2,1-4H3/t11-,12+,13-,14+,15+/m0/s1. The van der Waals surface area contributed by atoms with Crippen molar-refractivity contribution < 1.29 is 47.7 Å². The number of carbonyl (C=O) groups excluding carboxylic acids is 5. The molecule has 140 valence electrons. The minimum absolute atomic E-state index is 0.356. The topological polar surface area (TPSA) is 132 Å². The Hall–Kier alpha value is -2.49. The number of hydrogen-bond acceptors (Lipinski definition) is 10. The molecule has 0 saturated carbocycles. The van der Waals surface area contributed by atoms with Gasteiger partial charge in [-0.25, -0.2) is 0 Å². The molecule has 25 heavy (non-hydrogen) atoms. The van der Waals surface area contributed by atoms with Crippen LogP contribution in [-0.2, 0) is 47.7 Å². The van der Waals surface area contributed by atoms with Gasteiger partial charge in [0, 0.05) is 27.7 Å². The Labute approximate surface area is 143 Å². The Morgan fingerprint density at radius 3 is 1.72 bits per heavy atom. The molecule has 1 aliphatic rings. The van der Waals surface area contributed by atoms with Gasteiger partial charge in [-0.15, -0.1) is 0 Å². The third-order valence-electron chi connectivity index (χ3n) is 3.16. The molecule has 1 saturated heterocycles. The van der Waals surface area contributed by atoms with Gasteiger partial charge < -0.3 is 28.5 Å².